The van der Waals surface area contributed by atoms with E-state index in [0.717, 1.165) is 12.1 Å². The number of aromatic nitrogens is 2. The van der Waals surface area contributed by atoms with Gasteiger partial charge in [-0.05, 0) is 18.2 Å². The zero-order valence-electron chi connectivity index (χ0n) is 10.8. The quantitative estimate of drug-likeness (QED) is 0.806. The number of carbonyl (C=O) groups is 1. The van der Waals surface area contributed by atoms with E-state index in [9.17, 15) is 18.0 Å². The maximum atomic E-state index is 12.6. The summed E-state index contributed by atoms with van der Waals surface area (Å²) in [6.07, 6.45) is -1.27. The van der Waals surface area contributed by atoms with Crippen molar-refractivity contribution < 1.29 is 18.0 Å². The van der Waals surface area contributed by atoms with Crippen molar-refractivity contribution in [2.75, 3.05) is 5.32 Å². The number of hydrogen-bond acceptors (Lipinski definition) is 3. The number of halogens is 3. The zero-order valence-corrected chi connectivity index (χ0v) is 10.8. The van der Waals surface area contributed by atoms with Gasteiger partial charge in [0.2, 0.25) is 5.91 Å². The smallest absolute Gasteiger partial charge is 0.348 e. The molecule has 5 nitrogen and oxygen atoms in total. The molecule has 0 saturated carbocycles. The van der Waals surface area contributed by atoms with Crippen molar-refractivity contribution in [1.82, 2.24) is 9.97 Å². The third-order valence-corrected chi connectivity index (χ3v) is 2.79. The Morgan fingerprint density at radius 3 is 2.81 bits per heavy atom. The van der Waals surface area contributed by atoms with Gasteiger partial charge in [-0.1, -0.05) is 6.07 Å². The highest BCUT2D eigenvalue weighted by Gasteiger charge is 2.30. The molecule has 1 aromatic heterocycles. The lowest BCUT2D eigenvalue weighted by Gasteiger charge is -2.13. The molecule has 0 radical (unpaired) electrons. The normalized spacial score (nSPS) is 13.0. The monoisotopic (exact) mass is 298 g/mol. The van der Waals surface area contributed by atoms with Crippen molar-refractivity contribution in [2.45, 2.75) is 18.6 Å². The van der Waals surface area contributed by atoms with E-state index in [-0.39, 0.29) is 12.1 Å². The van der Waals surface area contributed by atoms with Gasteiger partial charge >= 0.3 is 6.18 Å². The zero-order chi connectivity index (χ0) is 15.5. The summed E-state index contributed by atoms with van der Waals surface area (Å²) < 4.78 is 37.7. The van der Waals surface area contributed by atoms with Crippen LogP contribution in [0.3, 0.4) is 0 Å². The van der Waals surface area contributed by atoms with Crippen molar-refractivity contribution in [3.63, 3.8) is 0 Å². The molecule has 0 fully saturated rings. The van der Waals surface area contributed by atoms with Crippen LogP contribution in [0.4, 0.5) is 18.9 Å². The molecule has 4 N–H and O–H groups in total. The summed E-state index contributed by atoms with van der Waals surface area (Å²) in [5.41, 5.74) is 5.59. The largest absolute Gasteiger partial charge is 0.416 e. The lowest BCUT2D eigenvalue weighted by Crippen LogP contribution is -2.37. The number of nitrogens with one attached hydrogen (secondary N) is 2. The van der Waals surface area contributed by atoms with Crippen LogP contribution in [0.1, 0.15) is 11.3 Å². The second-order valence-electron chi connectivity index (χ2n) is 4.46. The Hall–Kier alpha value is -2.35. The van der Waals surface area contributed by atoms with Crippen LogP contribution < -0.4 is 11.1 Å². The molecular formula is C13H13F3N4O. The molecule has 2 rings (SSSR count). The van der Waals surface area contributed by atoms with E-state index >= 15 is 0 Å². The number of rotatable bonds is 4. The fraction of sp³-hybridized carbons (Fsp3) is 0.231. The standard InChI is InChI=1S/C13H13F3N4O/c14-13(15,16)8-2-1-3-9(4-8)20-12(21)11(17)5-10-6-18-7-19-10/h1-4,6-7,11H,5,17H2,(H,18,19)(H,20,21)/t11-/m1/s1. The maximum Gasteiger partial charge on any atom is 0.416 e. The molecule has 112 valence electrons. The van der Waals surface area contributed by atoms with Crippen LogP contribution in [0.15, 0.2) is 36.8 Å². The molecule has 21 heavy (non-hydrogen) atoms. The predicted octanol–water partition coefficient (Wildman–Crippen LogP) is 1.94. The minimum Gasteiger partial charge on any atom is -0.348 e. The number of amides is 1. The summed E-state index contributed by atoms with van der Waals surface area (Å²) in [6.45, 7) is 0. The average Bonchev–Trinajstić information content (AvgIpc) is 2.91. The lowest BCUT2D eigenvalue weighted by atomic mass is 10.1. The van der Waals surface area contributed by atoms with E-state index in [1.807, 2.05) is 0 Å². The fourth-order valence-corrected chi connectivity index (χ4v) is 1.73. The first-order valence-corrected chi connectivity index (χ1v) is 6.07. The Labute approximate surface area is 118 Å². The first kappa shape index (κ1) is 15.0. The predicted molar refractivity (Wildman–Crippen MR) is 70.3 cm³/mol. The van der Waals surface area contributed by atoms with Crippen LogP contribution >= 0.6 is 0 Å². The average molecular weight is 298 g/mol. The number of benzene rings is 1. The first-order valence-electron chi connectivity index (χ1n) is 6.07. The summed E-state index contributed by atoms with van der Waals surface area (Å²) >= 11 is 0. The molecule has 1 heterocycles. The number of alkyl halides is 3. The number of imidazole rings is 1. The Kier molecular flexibility index (Phi) is 4.27. The summed E-state index contributed by atoms with van der Waals surface area (Å²) in [6, 6.07) is 3.50. The van der Waals surface area contributed by atoms with Crippen molar-refractivity contribution in [2.24, 2.45) is 5.73 Å². The first-order chi connectivity index (χ1) is 9.86. The maximum absolute atomic E-state index is 12.6. The van der Waals surface area contributed by atoms with Gasteiger partial charge in [0.15, 0.2) is 0 Å². The number of hydrogen-bond donors (Lipinski definition) is 3. The van der Waals surface area contributed by atoms with Crippen molar-refractivity contribution in [3.05, 3.63) is 48.0 Å². The Morgan fingerprint density at radius 1 is 1.43 bits per heavy atom. The summed E-state index contributed by atoms with van der Waals surface area (Å²) in [7, 11) is 0. The molecule has 2 aromatic rings. The Morgan fingerprint density at radius 2 is 2.19 bits per heavy atom. The van der Waals surface area contributed by atoms with Crippen LogP contribution in [-0.2, 0) is 17.4 Å². The molecule has 0 bridgehead atoms. The third kappa shape index (κ3) is 4.06. The molecule has 0 aliphatic carbocycles. The van der Waals surface area contributed by atoms with E-state index in [4.69, 9.17) is 5.73 Å². The molecule has 1 atom stereocenters. The van der Waals surface area contributed by atoms with Crippen LogP contribution in [-0.4, -0.2) is 21.9 Å². The number of H-pyrrole nitrogens is 1. The number of nitrogens with zero attached hydrogens (tertiary/aromatic N) is 1. The number of carbonyl (C=O) groups excluding carboxylic acids is 1. The fourth-order valence-electron chi connectivity index (χ4n) is 1.73. The summed E-state index contributed by atoms with van der Waals surface area (Å²) in [5.74, 6) is -0.566. The number of nitrogens with two attached hydrogens (primary N) is 1. The van der Waals surface area contributed by atoms with Gasteiger partial charge in [0.25, 0.3) is 0 Å². The van der Waals surface area contributed by atoms with Crippen LogP contribution in [0.5, 0.6) is 0 Å². The topological polar surface area (TPSA) is 83.8 Å². The van der Waals surface area contributed by atoms with E-state index in [2.05, 4.69) is 15.3 Å². The highest BCUT2D eigenvalue weighted by molar-refractivity contribution is 5.94. The van der Waals surface area contributed by atoms with Gasteiger partial charge in [-0.3, -0.25) is 4.79 Å². The number of anilines is 1. The number of aromatic amines is 1. The summed E-state index contributed by atoms with van der Waals surface area (Å²) in [5, 5.41) is 2.37. The van der Waals surface area contributed by atoms with Crippen LogP contribution in [0, 0.1) is 0 Å². The second kappa shape index (κ2) is 5.96. The summed E-state index contributed by atoms with van der Waals surface area (Å²) in [4.78, 5) is 18.4. The van der Waals surface area contributed by atoms with Gasteiger partial charge in [0, 0.05) is 24.0 Å². The molecule has 0 saturated heterocycles. The van der Waals surface area contributed by atoms with Gasteiger partial charge in [-0.25, -0.2) is 4.98 Å². The Balaban J connectivity index is 2.02. The molecule has 1 amide bonds. The SMILES string of the molecule is N[C@H](Cc1cnc[nH]1)C(=O)Nc1cccc(C(F)(F)F)c1. The highest BCUT2D eigenvalue weighted by Crippen LogP contribution is 2.30. The molecule has 0 spiro atoms. The molecule has 0 aliphatic heterocycles. The van der Waals surface area contributed by atoms with E-state index in [0.29, 0.717) is 5.69 Å². The van der Waals surface area contributed by atoms with E-state index < -0.39 is 23.7 Å². The van der Waals surface area contributed by atoms with Gasteiger partial charge in [-0.15, -0.1) is 0 Å². The van der Waals surface area contributed by atoms with Gasteiger partial charge in [-0.2, -0.15) is 13.2 Å². The van der Waals surface area contributed by atoms with Crippen molar-refractivity contribution in [3.8, 4) is 0 Å². The highest BCUT2D eigenvalue weighted by atomic mass is 19.4. The third-order valence-electron chi connectivity index (χ3n) is 2.79. The van der Waals surface area contributed by atoms with Crippen molar-refractivity contribution in [1.29, 1.82) is 0 Å². The van der Waals surface area contributed by atoms with Crippen molar-refractivity contribution >= 4 is 11.6 Å². The molecule has 8 heteroatoms. The lowest BCUT2D eigenvalue weighted by molar-refractivity contribution is -0.137. The molecular weight excluding hydrogens is 285 g/mol. The van der Waals surface area contributed by atoms with Gasteiger partial charge < -0.3 is 16.0 Å². The molecule has 0 aliphatic rings. The minimum absolute atomic E-state index is 0.0508. The molecule has 0 unspecified atom stereocenters. The van der Waals surface area contributed by atoms with E-state index in [1.54, 1.807) is 0 Å². The minimum atomic E-state index is -4.46. The van der Waals surface area contributed by atoms with Crippen LogP contribution in [0.25, 0.3) is 0 Å². The van der Waals surface area contributed by atoms with E-state index in [1.165, 1.54) is 24.7 Å². The van der Waals surface area contributed by atoms with Crippen LogP contribution in [0.2, 0.25) is 0 Å². The second-order valence-corrected chi connectivity index (χ2v) is 4.46. The molecule has 1 aromatic carbocycles. The van der Waals surface area contributed by atoms with Gasteiger partial charge in [0.1, 0.15) is 0 Å². The Bertz CT molecular complexity index is 610. The van der Waals surface area contributed by atoms with Gasteiger partial charge in [0.05, 0.1) is 17.9 Å².